The largest absolute Gasteiger partial charge is 0.299 e. The van der Waals surface area contributed by atoms with Crippen molar-refractivity contribution < 1.29 is 4.79 Å². The summed E-state index contributed by atoms with van der Waals surface area (Å²) in [6, 6.07) is 15.9. The van der Waals surface area contributed by atoms with E-state index in [-0.39, 0.29) is 12.3 Å². The number of benzene rings is 2. The zero-order valence-corrected chi connectivity index (χ0v) is 15.5. The van der Waals surface area contributed by atoms with Crippen LogP contribution < -0.4 is 5.43 Å². The van der Waals surface area contributed by atoms with Crippen molar-refractivity contribution in [2.75, 3.05) is 0 Å². The topological polar surface area (TPSA) is 72.2 Å². The third-order valence-electron chi connectivity index (χ3n) is 4.01. The Labute approximate surface area is 160 Å². The van der Waals surface area contributed by atoms with Gasteiger partial charge >= 0.3 is 0 Å². The van der Waals surface area contributed by atoms with Gasteiger partial charge < -0.3 is 0 Å². The molecule has 0 saturated carbocycles. The maximum Gasteiger partial charge on any atom is 0.246 e. The fourth-order valence-electron chi connectivity index (χ4n) is 2.73. The first kappa shape index (κ1) is 17.1. The van der Waals surface area contributed by atoms with Crippen molar-refractivity contribution in [2.45, 2.75) is 13.3 Å². The second kappa shape index (κ2) is 7.51. The molecule has 4 rings (SSSR count). The van der Waals surface area contributed by atoms with Gasteiger partial charge in [-0.25, -0.2) is 15.4 Å². The zero-order chi connectivity index (χ0) is 18.6. The van der Waals surface area contributed by atoms with E-state index in [1.54, 1.807) is 6.21 Å². The van der Waals surface area contributed by atoms with Crippen LogP contribution in [0.3, 0.4) is 0 Å². The minimum atomic E-state index is -0.179. The minimum absolute atomic E-state index is 0.179. The molecule has 0 aliphatic rings. The third kappa shape index (κ3) is 3.93. The molecule has 27 heavy (non-hydrogen) atoms. The number of fused-ring (bicyclic) bond motifs is 1. The van der Waals surface area contributed by atoms with Crippen molar-refractivity contribution in [3.63, 3.8) is 0 Å². The van der Waals surface area contributed by atoms with Crippen LogP contribution in [0.5, 0.6) is 0 Å². The molecule has 0 unspecified atom stereocenters. The van der Waals surface area contributed by atoms with Gasteiger partial charge in [0, 0.05) is 16.8 Å². The average Bonchev–Trinajstić information content (AvgIpc) is 3.28. The Morgan fingerprint density at radius 2 is 2.04 bits per heavy atom. The molecule has 6 nitrogen and oxygen atoms in total. The highest BCUT2D eigenvalue weighted by Gasteiger charge is 2.06. The molecule has 0 radical (unpaired) electrons. The van der Waals surface area contributed by atoms with Gasteiger partial charge in [0.25, 0.3) is 0 Å². The number of aromatic nitrogens is 3. The van der Waals surface area contributed by atoms with E-state index in [1.165, 1.54) is 11.3 Å². The minimum Gasteiger partial charge on any atom is -0.299 e. The lowest BCUT2D eigenvalue weighted by molar-refractivity contribution is -0.120. The fraction of sp³-hybridized carbons (Fsp3) is 0.100. The number of nitrogens with one attached hydrogen (secondary N) is 1. The Bertz CT molecular complexity index is 1110. The first-order valence-electron chi connectivity index (χ1n) is 8.44. The van der Waals surface area contributed by atoms with Crippen molar-refractivity contribution in [2.24, 2.45) is 5.10 Å². The number of carbonyl (C=O) groups excluding carboxylic acids is 1. The zero-order valence-electron chi connectivity index (χ0n) is 14.7. The summed E-state index contributed by atoms with van der Waals surface area (Å²) in [7, 11) is 0. The van der Waals surface area contributed by atoms with Crippen LogP contribution >= 0.6 is 11.3 Å². The number of imidazole rings is 1. The molecule has 0 fully saturated rings. The summed E-state index contributed by atoms with van der Waals surface area (Å²) < 4.78 is 2.04. The van der Waals surface area contributed by atoms with Crippen LogP contribution in [0.25, 0.3) is 16.7 Å². The second-order valence-corrected chi connectivity index (χ2v) is 6.99. The number of para-hydroxylation sites is 2. The third-order valence-corrected chi connectivity index (χ3v) is 4.97. The number of carbonyl (C=O) groups is 1. The number of hydrazone groups is 1. The van der Waals surface area contributed by atoms with Gasteiger partial charge in [-0.15, -0.1) is 11.3 Å². The van der Waals surface area contributed by atoms with Crippen LogP contribution in [0.2, 0.25) is 0 Å². The lowest BCUT2D eigenvalue weighted by atomic mass is 10.2. The number of hydrogen-bond acceptors (Lipinski definition) is 5. The van der Waals surface area contributed by atoms with Gasteiger partial charge in [-0.2, -0.15) is 5.10 Å². The summed E-state index contributed by atoms with van der Waals surface area (Å²) in [5, 5.41) is 6.74. The Morgan fingerprint density at radius 1 is 1.22 bits per heavy atom. The normalized spacial score (nSPS) is 11.3. The van der Waals surface area contributed by atoms with Gasteiger partial charge in [-0.3, -0.25) is 9.36 Å². The van der Waals surface area contributed by atoms with Gasteiger partial charge in [0.15, 0.2) is 0 Å². The molecule has 2 aromatic carbocycles. The Balaban J connectivity index is 1.40. The molecule has 1 N–H and O–H groups in total. The highest BCUT2D eigenvalue weighted by atomic mass is 32.1. The molecule has 1 amide bonds. The molecule has 4 aromatic rings. The van der Waals surface area contributed by atoms with Crippen molar-refractivity contribution >= 4 is 34.5 Å². The SMILES string of the molecule is Cc1csc(CC(=O)N/N=C\c2ccc(-n3cnc4ccccc43)cc2)n1. The monoisotopic (exact) mass is 375 g/mol. The van der Waals surface area contributed by atoms with Crippen LogP contribution in [0.4, 0.5) is 0 Å². The number of hydrogen-bond donors (Lipinski definition) is 1. The van der Waals surface area contributed by atoms with E-state index in [9.17, 15) is 4.79 Å². The first-order valence-corrected chi connectivity index (χ1v) is 9.32. The number of rotatable bonds is 5. The molecule has 0 aliphatic heterocycles. The van der Waals surface area contributed by atoms with E-state index in [1.807, 2.05) is 71.7 Å². The standard InChI is InChI=1S/C20H17N5OS/c1-14-12-27-20(23-14)10-19(26)24-22-11-15-6-8-16(9-7-15)25-13-21-17-4-2-3-5-18(17)25/h2-9,11-13H,10H2,1H3,(H,24,26)/b22-11-. The highest BCUT2D eigenvalue weighted by molar-refractivity contribution is 7.09. The van der Waals surface area contributed by atoms with Crippen LogP contribution in [0.1, 0.15) is 16.3 Å². The van der Waals surface area contributed by atoms with Crippen molar-refractivity contribution in [3.8, 4) is 5.69 Å². The summed E-state index contributed by atoms with van der Waals surface area (Å²) in [5.41, 5.74) is 7.40. The number of nitrogens with zero attached hydrogens (tertiary/aromatic N) is 4. The van der Waals surface area contributed by atoms with Gasteiger partial charge in [0.1, 0.15) is 11.3 Å². The summed E-state index contributed by atoms with van der Waals surface area (Å²) >= 11 is 1.48. The van der Waals surface area contributed by atoms with Crippen molar-refractivity contribution in [3.05, 3.63) is 76.5 Å². The van der Waals surface area contributed by atoms with Crippen LogP contribution in [-0.4, -0.2) is 26.7 Å². The Kier molecular flexibility index (Phi) is 4.76. The lowest BCUT2D eigenvalue weighted by Crippen LogP contribution is -2.19. The van der Waals surface area contributed by atoms with Gasteiger partial charge in [0.2, 0.25) is 5.91 Å². The maximum atomic E-state index is 11.9. The molecule has 0 aliphatic carbocycles. The van der Waals surface area contributed by atoms with E-state index in [0.29, 0.717) is 0 Å². The van der Waals surface area contributed by atoms with Crippen molar-refractivity contribution in [1.29, 1.82) is 0 Å². The second-order valence-electron chi connectivity index (χ2n) is 6.05. The molecule has 7 heteroatoms. The molecule has 0 atom stereocenters. The molecular weight excluding hydrogens is 358 g/mol. The quantitative estimate of drug-likeness (QED) is 0.429. The van der Waals surface area contributed by atoms with E-state index in [0.717, 1.165) is 33.0 Å². The number of aryl methyl sites for hydroxylation is 1. The summed E-state index contributed by atoms with van der Waals surface area (Å²) in [5.74, 6) is -0.179. The summed E-state index contributed by atoms with van der Waals surface area (Å²) in [6.07, 6.45) is 3.68. The van der Waals surface area contributed by atoms with E-state index >= 15 is 0 Å². The van der Waals surface area contributed by atoms with Crippen LogP contribution in [-0.2, 0) is 11.2 Å². The molecule has 2 heterocycles. The molecular formula is C20H17N5OS. The summed E-state index contributed by atoms with van der Waals surface area (Å²) in [6.45, 7) is 1.91. The number of thiazole rings is 1. The van der Waals surface area contributed by atoms with Crippen LogP contribution in [0.15, 0.2) is 65.3 Å². The fourth-order valence-corrected chi connectivity index (χ4v) is 3.50. The molecule has 0 bridgehead atoms. The molecule has 2 aromatic heterocycles. The molecule has 134 valence electrons. The number of amides is 1. The lowest BCUT2D eigenvalue weighted by Gasteiger charge is -2.04. The van der Waals surface area contributed by atoms with E-state index < -0.39 is 0 Å². The summed E-state index contributed by atoms with van der Waals surface area (Å²) in [4.78, 5) is 20.6. The predicted octanol–water partition coefficient (Wildman–Crippen LogP) is 3.48. The van der Waals surface area contributed by atoms with Crippen LogP contribution in [0, 0.1) is 6.92 Å². The average molecular weight is 375 g/mol. The van der Waals surface area contributed by atoms with Gasteiger partial charge in [-0.05, 0) is 36.8 Å². The maximum absolute atomic E-state index is 11.9. The molecule has 0 saturated heterocycles. The van der Waals surface area contributed by atoms with Gasteiger partial charge in [-0.1, -0.05) is 24.3 Å². The van der Waals surface area contributed by atoms with E-state index in [2.05, 4.69) is 20.5 Å². The Morgan fingerprint density at radius 3 is 2.81 bits per heavy atom. The Hall–Kier alpha value is -3.32. The first-order chi connectivity index (χ1) is 13.2. The predicted molar refractivity (Wildman–Crippen MR) is 107 cm³/mol. The molecule has 0 spiro atoms. The highest BCUT2D eigenvalue weighted by Crippen LogP contribution is 2.17. The smallest absolute Gasteiger partial charge is 0.246 e. The van der Waals surface area contributed by atoms with E-state index in [4.69, 9.17) is 0 Å². The van der Waals surface area contributed by atoms with Crippen molar-refractivity contribution in [1.82, 2.24) is 20.0 Å². The van der Waals surface area contributed by atoms with Gasteiger partial charge in [0.05, 0.1) is 23.7 Å².